The van der Waals surface area contributed by atoms with Crippen molar-refractivity contribution in [1.29, 1.82) is 0 Å². The van der Waals surface area contributed by atoms with Crippen molar-refractivity contribution in [1.82, 2.24) is 0 Å². The fraction of sp³-hybridized carbons (Fsp3) is 0.200. The predicted molar refractivity (Wildman–Crippen MR) is 50.7 cm³/mol. The Morgan fingerprint density at radius 1 is 1.33 bits per heavy atom. The van der Waals surface area contributed by atoms with E-state index in [1.54, 1.807) is 6.92 Å². The number of phenolic OH excluding ortho intramolecular Hbond substituents is 2. The van der Waals surface area contributed by atoms with E-state index in [2.05, 4.69) is 4.74 Å². The summed E-state index contributed by atoms with van der Waals surface area (Å²) in [4.78, 5) is 22.4. The molecule has 2 N–H and O–H groups in total. The van der Waals surface area contributed by atoms with Gasteiger partial charge in [0.15, 0.2) is 0 Å². The van der Waals surface area contributed by atoms with Crippen LogP contribution in [-0.2, 0) is 9.53 Å². The van der Waals surface area contributed by atoms with E-state index in [1.165, 1.54) is 6.07 Å². The van der Waals surface area contributed by atoms with Gasteiger partial charge in [0.2, 0.25) is 0 Å². The SMILES string of the molecule is CCOC(=O)C(=O)c1cc(O)ccc1O. The van der Waals surface area contributed by atoms with E-state index in [0.29, 0.717) is 0 Å². The minimum atomic E-state index is -1.06. The lowest BCUT2D eigenvalue weighted by molar-refractivity contribution is -0.137. The highest BCUT2D eigenvalue weighted by atomic mass is 16.5. The summed E-state index contributed by atoms with van der Waals surface area (Å²) in [6.45, 7) is 1.64. The van der Waals surface area contributed by atoms with Crippen LogP contribution in [0.3, 0.4) is 0 Å². The minimum absolute atomic E-state index is 0.0736. The number of ether oxygens (including phenoxy) is 1. The van der Waals surface area contributed by atoms with Crippen LogP contribution < -0.4 is 0 Å². The van der Waals surface area contributed by atoms with E-state index >= 15 is 0 Å². The number of benzene rings is 1. The van der Waals surface area contributed by atoms with Crippen LogP contribution >= 0.6 is 0 Å². The average Bonchev–Trinajstić information content (AvgIpc) is 2.21. The fourth-order valence-corrected chi connectivity index (χ4v) is 1.01. The first-order valence-electron chi connectivity index (χ1n) is 4.29. The molecule has 15 heavy (non-hydrogen) atoms. The highest BCUT2D eigenvalue weighted by Crippen LogP contribution is 2.22. The number of carbonyl (C=O) groups is 2. The van der Waals surface area contributed by atoms with Crippen LogP contribution in [0.5, 0.6) is 11.5 Å². The van der Waals surface area contributed by atoms with Gasteiger partial charge in [0.05, 0.1) is 12.2 Å². The number of rotatable bonds is 3. The Morgan fingerprint density at radius 2 is 2.00 bits per heavy atom. The van der Waals surface area contributed by atoms with Gasteiger partial charge < -0.3 is 14.9 Å². The van der Waals surface area contributed by atoms with E-state index < -0.39 is 11.8 Å². The first kappa shape index (κ1) is 11.0. The molecule has 0 unspecified atom stereocenters. The molecule has 80 valence electrons. The summed E-state index contributed by atoms with van der Waals surface area (Å²) in [5.41, 5.74) is -0.270. The van der Waals surface area contributed by atoms with Crippen LogP contribution in [0.1, 0.15) is 17.3 Å². The zero-order valence-electron chi connectivity index (χ0n) is 8.06. The van der Waals surface area contributed by atoms with Gasteiger partial charge in [0.1, 0.15) is 11.5 Å². The molecule has 0 heterocycles. The van der Waals surface area contributed by atoms with Crippen molar-refractivity contribution in [2.24, 2.45) is 0 Å². The summed E-state index contributed by atoms with van der Waals surface area (Å²) >= 11 is 0. The Morgan fingerprint density at radius 3 is 2.60 bits per heavy atom. The van der Waals surface area contributed by atoms with Crippen molar-refractivity contribution >= 4 is 11.8 Å². The van der Waals surface area contributed by atoms with Gasteiger partial charge in [-0.15, -0.1) is 0 Å². The maximum absolute atomic E-state index is 11.4. The third-order valence-corrected chi connectivity index (χ3v) is 1.69. The van der Waals surface area contributed by atoms with Gasteiger partial charge in [-0.3, -0.25) is 4.79 Å². The first-order chi connectivity index (χ1) is 7.06. The normalized spacial score (nSPS) is 9.67. The molecule has 0 aliphatic heterocycles. The molecule has 0 saturated carbocycles. The topological polar surface area (TPSA) is 83.8 Å². The van der Waals surface area contributed by atoms with Crippen molar-refractivity contribution in [3.63, 3.8) is 0 Å². The number of aromatic hydroxyl groups is 2. The van der Waals surface area contributed by atoms with Crippen LogP contribution in [0.2, 0.25) is 0 Å². The second kappa shape index (κ2) is 4.45. The number of hydrogen-bond acceptors (Lipinski definition) is 5. The fourth-order valence-electron chi connectivity index (χ4n) is 1.01. The van der Waals surface area contributed by atoms with Gasteiger partial charge >= 0.3 is 5.97 Å². The zero-order valence-corrected chi connectivity index (χ0v) is 8.06. The Balaban J connectivity index is 3.00. The quantitative estimate of drug-likeness (QED) is 0.334. The molecule has 0 atom stereocenters. The van der Waals surface area contributed by atoms with E-state index in [9.17, 15) is 14.7 Å². The molecule has 1 aromatic carbocycles. The number of hydrogen-bond donors (Lipinski definition) is 2. The summed E-state index contributed by atoms with van der Waals surface area (Å²) in [7, 11) is 0. The molecule has 1 rings (SSSR count). The predicted octanol–water partition coefficient (Wildman–Crippen LogP) is 0.844. The summed E-state index contributed by atoms with van der Waals surface area (Å²) in [6.07, 6.45) is 0. The van der Waals surface area contributed by atoms with Crippen molar-refractivity contribution in [3.05, 3.63) is 23.8 Å². The van der Waals surface area contributed by atoms with E-state index in [-0.39, 0.29) is 23.7 Å². The first-order valence-corrected chi connectivity index (χ1v) is 4.29. The van der Waals surface area contributed by atoms with Crippen molar-refractivity contribution in [2.75, 3.05) is 6.61 Å². The molecule has 0 aliphatic rings. The second-order valence-corrected chi connectivity index (χ2v) is 2.75. The maximum atomic E-state index is 11.4. The molecule has 0 fully saturated rings. The Bertz CT molecular complexity index is 397. The van der Waals surface area contributed by atoms with E-state index in [0.717, 1.165) is 12.1 Å². The van der Waals surface area contributed by atoms with Gasteiger partial charge in [0, 0.05) is 0 Å². The van der Waals surface area contributed by atoms with E-state index in [1.807, 2.05) is 0 Å². The second-order valence-electron chi connectivity index (χ2n) is 2.75. The monoisotopic (exact) mass is 210 g/mol. The number of phenols is 2. The Hall–Kier alpha value is -2.04. The van der Waals surface area contributed by atoms with Crippen LogP contribution in [0.4, 0.5) is 0 Å². The molecule has 0 aliphatic carbocycles. The number of Topliss-reactive ketones (excluding diaryl/α,β-unsaturated/α-hetero) is 1. The number of esters is 1. The van der Waals surface area contributed by atoms with E-state index in [4.69, 9.17) is 5.11 Å². The molecule has 5 nitrogen and oxygen atoms in total. The molecule has 0 amide bonds. The molecule has 0 saturated heterocycles. The zero-order chi connectivity index (χ0) is 11.4. The van der Waals surface area contributed by atoms with Crippen molar-refractivity contribution in [2.45, 2.75) is 6.92 Å². The summed E-state index contributed by atoms with van der Waals surface area (Å²) in [6, 6.07) is 3.34. The lowest BCUT2D eigenvalue weighted by Gasteiger charge is -2.03. The lowest BCUT2D eigenvalue weighted by Crippen LogP contribution is -2.17. The lowest BCUT2D eigenvalue weighted by atomic mass is 10.1. The molecule has 0 bridgehead atoms. The molecular formula is C10H10O5. The highest BCUT2D eigenvalue weighted by molar-refractivity contribution is 6.41. The van der Waals surface area contributed by atoms with Crippen molar-refractivity contribution < 1.29 is 24.5 Å². The van der Waals surface area contributed by atoms with Gasteiger partial charge in [-0.05, 0) is 25.1 Å². The van der Waals surface area contributed by atoms with Crippen LogP contribution in [-0.4, -0.2) is 28.6 Å². The summed E-state index contributed by atoms with van der Waals surface area (Å²) in [5.74, 6) is -2.62. The Labute approximate surface area is 85.9 Å². The van der Waals surface area contributed by atoms with Gasteiger partial charge in [-0.25, -0.2) is 4.79 Å². The smallest absolute Gasteiger partial charge is 0.379 e. The highest BCUT2D eigenvalue weighted by Gasteiger charge is 2.21. The number of carbonyl (C=O) groups excluding carboxylic acids is 2. The van der Waals surface area contributed by atoms with Crippen LogP contribution in [0, 0.1) is 0 Å². The maximum Gasteiger partial charge on any atom is 0.379 e. The van der Waals surface area contributed by atoms with Crippen LogP contribution in [0.15, 0.2) is 18.2 Å². The third kappa shape index (κ3) is 2.46. The van der Waals surface area contributed by atoms with Gasteiger partial charge in [-0.1, -0.05) is 0 Å². The Kier molecular flexibility index (Phi) is 3.28. The standard InChI is InChI=1S/C10H10O5/c1-2-15-10(14)9(13)7-5-6(11)3-4-8(7)12/h3-5,11-12H,2H2,1H3. The molecule has 5 heteroatoms. The van der Waals surface area contributed by atoms with Gasteiger partial charge in [-0.2, -0.15) is 0 Å². The molecule has 0 aromatic heterocycles. The minimum Gasteiger partial charge on any atom is -0.508 e. The van der Waals surface area contributed by atoms with Crippen LogP contribution in [0.25, 0.3) is 0 Å². The molecule has 0 spiro atoms. The molecular weight excluding hydrogens is 200 g/mol. The average molecular weight is 210 g/mol. The number of ketones is 1. The molecule has 1 aromatic rings. The largest absolute Gasteiger partial charge is 0.508 e. The van der Waals surface area contributed by atoms with Gasteiger partial charge in [0.25, 0.3) is 5.78 Å². The summed E-state index contributed by atoms with van der Waals surface area (Å²) in [5, 5.41) is 18.4. The van der Waals surface area contributed by atoms with Crippen molar-refractivity contribution in [3.8, 4) is 11.5 Å². The summed E-state index contributed by atoms with van der Waals surface area (Å²) < 4.78 is 4.47. The third-order valence-electron chi connectivity index (χ3n) is 1.69. The molecule has 0 radical (unpaired) electrons.